The highest BCUT2D eigenvalue weighted by Crippen LogP contribution is 2.37. The molecule has 0 heterocycles. The highest BCUT2D eigenvalue weighted by molar-refractivity contribution is 9.10. The lowest BCUT2D eigenvalue weighted by molar-refractivity contribution is 0.398. The molecule has 0 saturated carbocycles. The molecule has 0 spiro atoms. The molecule has 0 fully saturated rings. The quantitative estimate of drug-likeness (QED) is 0.753. The van der Waals surface area contributed by atoms with Gasteiger partial charge in [-0.15, -0.1) is 0 Å². The molecular formula is C16H16BrCl2NO. The summed E-state index contributed by atoms with van der Waals surface area (Å²) in [6.07, 6.45) is 0.792. The number of hydrogen-bond acceptors (Lipinski definition) is 2. The Morgan fingerprint density at radius 3 is 2.57 bits per heavy atom. The van der Waals surface area contributed by atoms with Crippen molar-refractivity contribution in [1.29, 1.82) is 0 Å². The van der Waals surface area contributed by atoms with Crippen molar-refractivity contribution < 1.29 is 4.74 Å². The zero-order valence-electron chi connectivity index (χ0n) is 11.8. The average Bonchev–Trinajstić information content (AvgIpc) is 2.44. The van der Waals surface area contributed by atoms with Crippen LogP contribution < -0.4 is 10.1 Å². The molecule has 0 aliphatic carbocycles. The summed E-state index contributed by atoms with van der Waals surface area (Å²) in [4.78, 5) is 0. The van der Waals surface area contributed by atoms with E-state index in [0.717, 1.165) is 32.8 Å². The van der Waals surface area contributed by atoms with Crippen LogP contribution in [0.25, 0.3) is 0 Å². The molecule has 0 amide bonds. The van der Waals surface area contributed by atoms with E-state index in [1.807, 2.05) is 37.4 Å². The topological polar surface area (TPSA) is 21.3 Å². The normalized spacial score (nSPS) is 12.2. The maximum absolute atomic E-state index is 6.17. The van der Waals surface area contributed by atoms with Crippen molar-refractivity contribution in [2.45, 2.75) is 12.5 Å². The van der Waals surface area contributed by atoms with E-state index in [4.69, 9.17) is 27.9 Å². The van der Waals surface area contributed by atoms with Gasteiger partial charge in [0.1, 0.15) is 5.75 Å². The molecule has 1 unspecified atom stereocenters. The number of likely N-dealkylation sites (N-methyl/N-ethyl adjacent to an activating group) is 1. The van der Waals surface area contributed by atoms with Gasteiger partial charge < -0.3 is 10.1 Å². The van der Waals surface area contributed by atoms with Crippen LogP contribution in [0, 0.1) is 0 Å². The second kappa shape index (κ2) is 7.50. The predicted octanol–water partition coefficient (Wildman–Crippen LogP) is 5.27. The first-order valence-electron chi connectivity index (χ1n) is 6.49. The van der Waals surface area contributed by atoms with Gasteiger partial charge in [-0.3, -0.25) is 0 Å². The van der Waals surface area contributed by atoms with Crippen LogP contribution in [0.3, 0.4) is 0 Å². The molecule has 2 rings (SSSR count). The van der Waals surface area contributed by atoms with Gasteiger partial charge in [-0.1, -0.05) is 35.3 Å². The lowest BCUT2D eigenvalue weighted by Crippen LogP contribution is -2.19. The number of nitrogens with one attached hydrogen (secondary N) is 1. The molecule has 0 aliphatic heterocycles. The van der Waals surface area contributed by atoms with E-state index in [1.165, 1.54) is 0 Å². The van der Waals surface area contributed by atoms with E-state index < -0.39 is 0 Å². The fraction of sp³-hybridized carbons (Fsp3) is 0.250. The summed E-state index contributed by atoms with van der Waals surface area (Å²) in [5.41, 5.74) is 2.17. The Labute approximate surface area is 143 Å². The van der Waals surface area contributed by atoms with Crippen LogP contribution in [-0.2, 0) is 6.42 Å². The second-order valence-corrected chi connectivity index (χ2v) is 6.41. The second-order valence-electron chi connectivity index (χ2n) is 4.69. The van der Waals surface area contributed by atoms with Crippen LogP contribution in [0.1, 0.15) is 17.2 Å². The van der Waals surface area contributed by atoms with E-state index in [2.05, 4.69) is 27.3 Å². The monoisotopic (exact) mass is 387 g/mol. The minimum Gasteiger partial charge on any atom is -0.495 e. The van der Waals surface area contributed by atoms with E-state index in [1.54, 1.807) is 7.11 Å². The van der Waals surface area contributed by atoms with E-state index in [-0.39, 0.29) is 6.04 Å². The van der Waals surface area contributed by atoms with Gasteiger partial charge in [0.05, 0.1) is 11.6 Å². The molecule has 2 aromatic rings. The predicted molar refractivity (Wildman–Crippen MR) is 92.7 cm³/mol. The fourth-order valence-electron chi connectivity index (χ4n) is 2.32. The smallest absolute Gasteiger partial charge is 0.137 e. The third-order valence-electron chi connectivity index (χ3n) is 3.29. The van der Waals surface area contributed by atoms with Crippen LogP contribution in [0.5, 0.6) is 5.75 Å². The zero-order valence-corrected chi connectivity index (χ0v) is 14.9. The summed E-state index contributed by atoms with van der Waals surface area (Å²) in [7, 11) is 3.58. The Hall–Kier alpha value is -0.740. The fourth-order valence-corrected chi connectivity index (χ4v) is 3.53. The Kier molecular flexibility index (Phi) is 5.94. The van der Waals surface area contributed by atoms with Crippen molar-refractivity contribution in [3.63, 3.8) is 0 Å². The first-order valence-corrected chi connectivity index (χ1v) is 8.04. The molecule has 1 atom stereocenters. The SMILES string of the molecule is CNC(Cc1cccc(Cl)c1)c1cc(Cl)cc(Br)c1OC. The number of rotatable bonds is 5. The third kappa shape index (κ3) is 4.13. The first kappa shape index (κ1) is 16.6. The van der Waals surface area contributed by atoms with E-state index in [0.29, 0.717) is 5.02 Å². The summed E-state index contributed by atoms with van der Waals surface area (Å²) in [6, 6.07) is 11.7. The van der Waals surface area contributed by atoms with Crippen LogP contribution in [0.2, 0.25) is 10.0 Å². The summed E-state index contributed by atoms with van der Waals surface area (Å²) < 4.78 is 6.35. The standard InChI is InChI=1S/C16H16BrCl2NO/c1-20-15(7-10-4-3-5-11(18)6-10)13-8-12(19)9-14(17)16(13)21-2/h3-6,8-9,15,20H,7H2,1-2H3. The third-order valence-corrected chi connectivity index (χ3v) is 4.34. The van der Waals surface area contributed by atoms with Gasteiger partial charge in [-0.05, 0) is 59.2 Å². The molecule has 0 bridgehead atoms. The van der Waals surface area contributed by atoms with Crippen LogP contribution >= 0.6 is 39.1 Å². The Morgan fingerprint density at radius 2 is 1.95 bits per heavy atom. The first-order chi connectivity index (χ1) is 10.0. The number of hydrogen-bond donors (Lipinski definition) is 1. The molecule has 1 N–H and O–H groups in total. The van der Waals surface area contributed by atoms with E-state index >= 15 is 0 Å². The molecule has 0 aromatic heterocycles. The van der Waals surface area contributed by atoms with Crippen molar-refractivity contribution in [2.24, 2.45) is 0 Å². The largest absolute Gasteiger partial charge is 0.495 e. The molecule has 2 aromatic carbocycles. The maximum Gasteiger partial charge on any atom is 0.137 e. The molecule has 21 heavy (non-hydrogen) atoms. The minimum atomic E-state index is 0.0772. The molecule has 2 nitrogen and oxygen atoms in total. The van der Waals surface area contributed by atoms with Gasteiger partial charge in [0.15, 0.2) is 0 Å². The number of halogens is 3. The molecule has 5 heteroatoms. The molecule has 0 radical (unpaired) electrons. The van der Waals surface area contributed by atoms with Gasteiger partial charge in [0, 0.05) is 21.7 Å². The lowest BCUT2D eigenvalue weighted by atomic mass is 9.98. The maximum atomic E-state index is 6.17. The van der Waals surface area contributed by atoms with Crippen molar-refractivity contribution in [1.82, 2.24) is 5.32 Å². The van der Waals surface area contributed by atoms with Crippen molar-refractivity contribution in [2.75, 3.05) is 14.2 Å². The highest BCUT2D eigenvalue weighted by Gasteiger charge is 2.18. The van der Waals surface area contributed by atoms with Crippen LogP contribution in [-0.4, -0.2) is 14.2 Å². The van der Waals surface area contributed by atoms with Crippen molar-refractivity contribution in [3.05, 3.63) is 62.0 Å². The van der Waals surface area contributed by atoms with Gasteiger partial charge in [0.2, 0.25) is 0 Å². The summed E-state index contributed by atoms with van der Waals surface area (Å²) in [5, 5.41) is 4.72. The van der Waals surface area contributed by atoms with Crippen LogP contribution in [0.15, 0.2) is 40.9 Å². The Morgan fingerprint density at radius 1 is 1.19 bits per heavy atom. The molecule has 112 valence electrons. The number of methoxy groups -OCH3 is 1. The number of ether oxygens (including phenoxy) is 1. The summed E-state index contributed by atoms with van der Waals surface area (Å²) in [6.45, 7) is 0. The van der Waals surface area contributed by atoms with Crippen molar-refractivity contribution in [3.8, 4) is 5.75 Å². The van der Waals surface area contributed by atoms with Gasteiger partial charge >= 0.3 is 0 Å². The summed E-state index contributed by atoms with van der Waals surface area (Å²) in [5.74, 6) is 0.792. The van der Waals surface area contributed by atoms with Gasteiger partial charge in [-0.2, -0.15) is 0 Å². The lowest BCUT2D eigenvalue weighted by Gasteiger charge is -2.21. The van der Waals surface area contributed by atoms with E-state index in [9.17, 15) is 0 Å². The van der Waals surface area contributed by atoms with Crippen LogP contribution in [0.4, 0.5) is 0 Å². The molecular weight excluding hydrogens is 373 g/mol. The Balaban J connectivity index is 2.37. The van der Waals surface area contributed by atoms with Gasteiger partial charge in [-0.25, -0.2) is 0 Å². The van der Waals surface area contributed by atoms with Crippen molar-refractivity contribution >= 4 is 39.1 Å². The molecule has 0 aliphatic rings. The highest BCUT2D eigenvalue weighted by atomic mass is 79.9. The average molecular weight is 389 g/mol. The summed E-state index contributed by atoms with van der Waals surface area (Å²) >= 11 is 15.7. The number of benzene rings is 2. The molecule has 0 saturated heterocycles. The zero-order chi connectivity index (χ0) is 15.4. The van der Waals surface area contributed by atoms with Gasteiger partial charge in [0.25, 0.3) is 0 Å². The minimum absolute atomic E-state index is 0.0772. The Bertz CT molecular complexity index is 634.